The van der Waals surface area contributed by atoms with Gasteiger partial charge in [0, 0.05) is 59.3 Å². The molecular formula is C24H31N3OSi. The van der Waals surface area contributed by atoms with Crippen molar-refractivity contribution in [2.45, 2.75) is 0 Å². The molecule has 29 heavy (non-hydrogen) atoms. The summed E-state index contributed by atoms with van der Waals surface area (Å²) in [6, 6.07) is 24.9. The first kappa shape index (κ1) is 21.0. The fourth-order valence-electron chi connectivity index (χ4n) is 3.50. The smallest absolute Gasteiger partial charge is 0.285 e. The van der Waals surface area contributed by atoms with Crippen molar-refractivity contribution < 1.29 is 4.80 Å². The molecule has 0 amide bonds. The molecule has 0 saturated carbocycles. The average molecular weight is 406 g/mol. The molecule has 0 aliphatic heterocycles. The number of rotatable bonds is 6. The second-order valence-corrected chi connectivity index (χ2v) is 11.2. The van der Waals surface area contributed by atoms with Gasteiger partial charge >= 0.3 is 0 Å². The number of anilines is 3. The lowest BCUT2D eigenvalue weighted by Gasteiger charge is -2.28. The van der Waals surface area contributed by atoms with Gasteiger partial charge in [-0.3, -0.25) is 0 Å². The zero-order chi connectivity index (χ0) is 21.2. The van der Waals surface area contributed by atoms with Gasteiger partial charge in [0.2, 0.25) is 0 Å². The molecule has 0 aromatic heterocycles. The summed E-state index contributed by atoms with van der Waals surface area (Å²) in [5.74, 6) is 0. The molecule has 0 unspecified atom stereocenters. The molecule has 0 fully saturated rings. The summed E-state index contributed by atoms with van der Waals surface area (Å²) in [5.41, 5.74) is 3.36. The van der Waals surface area contributed by atoms with E-state index in [4.69, 9.17) is 0 Å². The van der Waals surface area contributed by atoms with E-state index in [-0.39, 0.29) is 0 Å². The highest BCUT2D eigenvalue weighted by atomic mass is 28.4. The van der Waals surface area contributed by atoms with Crippen LogP contribution in [0.2, 0.25) is 0 Å². The van der Waals surface area contributed by atoms with Gasteiger partial charge in [0.25, 0.3) is 8.32 Å². The summed E-state index contributed by atoms with van der Waals surface area (Å²) in [6.07, 6.45) is 0. The van der Waals surface area contributed by atoms with E-state index in [1.807, 2.05) is 42.3 Å². The third-order valence-corrected chi connectivity index (χ3v) is 8.91. The Bertz CT molecular complexity index is 808. The van der Waals surface area contributed by atoms with E-state index in [9.17, 15) is 4.80 Å². The first-order valence-electron chi connectivity index (χ1n) is 9.79. The predicted molar refractivity (Wildman–Crippen MR) is 129 cm³/mol. The molecule has 0 bridgehead atoms. The second-order valence-electron chi connectivity index (χ2n) is 8.03. The zero-order valence-corrected chi connectivity index (χ0v) is 19.2. The predicted octanol–water partition coefficient (Wildman–Crippen LogP) is 1.84. The molecule has 0 radical (unpaired) electrons. The van der Waals surface area contributed by atoms with Crippen LogP contribution in [-0.4, -0.2) is 55.4 Å². The maximum atomic E-state index is 12.2. The van der Waals surface area contributed by atoms with Gasteiger partial charge in [0.05, 0.1) is 0 Å². The van der Waals surface area contributed by atoms with E-state index in [0.29, 0.717) is 0 Å². The summed E-state index contributed by atoms with van der Waals surface area (Å²) in [5, 5.41) is 2.95. The van der Waals surface area contributed by atoms with E-state index < -0.39 is 8.32 Å². The van der Waals surface area contributed by atoms with Crippen molar-refractivity contribution in [2.24, 2.45) is 0 Å². The molecular weight excluding hydrogens is 374 g/mol. The SMILES string of the molecule is CN(C)c1ccc([Si](O)(c2ccc(N(C)C)cc2)c2ccc(N(C)C)cc2)cc1. The van der Waals surface area contributed by atoms with Crippen LogP contribution in [-0.2, 0) is 0 Å². The topological polar surface area (TPSA) is 30.0 Å². The average Bonchev–Trinajstić information content (AvgIpc) is 2.73. The molecule has 0 spiro atoms. The molecule has 152 valence electrons. The minimum absolute atomic E-state index is 0.985. The molecule has 0 saturated heterocycles. The molecule has 0 aliphatic rings. The molecule has 0 heterocycles. The number of benzene rings is 3. The van der Waals surface area contributed by atoms with Crippen LogP contribution in [0.1, 0.15) is 0 Å². The lowest BCUT2D eigenvalue weighted by Crippen LogP contribution is -2.67. The van der Waals surface area contributed by atoms with Gasteiger partial charge in [-0.25, -0.2) is 0 Å². The number of hydrogen-bond acceptors (Lipinski definition) is 4. The zero-order valence-electron chi connectivity index (χ0n) is 18.2. The van der Waals surface area contributed by atoms with Crippen LogP contribution >= 0.6 is 0 Å². The van der Waals surface area contributed by atoms with Crippen molar-refractivity contribution in [3.63, 3.8) is 0 Å². The van der Waals surface area contributed by atoms with E-state index in [1.54, 1.807) is 0 Å². The Morgan fingerprint density at radius 2 is 0.655 bits per heavy atom. The highest BCUT2D eigenvalue weighted by Gasteiger charge is 2.38. The van der Waals surface area contributed by atoms with Crippen molar-refractivity contribution >= 4 is 40.9 Å². The first-order valence-corrected chi connectivity index (χ1v) is 11.7. The largest absolute Gasteiger partial charge is 0.421 e. The maximum absolute atomic E-state index is 12.2. The molecule has 1 N–H and O–H groups in total. The molecule has 3 aromatic carbocycles. The Balaban J connectivity index is 2.14. The van der Waals surface area contributed by atoms with Crippen LogP contribution < -0.4 is 30.3 Å². The highest BCUT2D eigenvalue weighted by Crippen LogP contribution is 2.15. The number of hydrogen-bond donors (Lipinski definition) is 1. The van der Waals surface area contributed by atoms with Gasteiger partial charge in [-0.2, -0.15) is 0 Å². The van der Waals surface area contributed by atoms with Crippen LogP contribution in [0.5, 0.6) is 0 Å². The summed E-state index contributed by atoms with van der Waals surface area (Å²) in [4.78, 5) is 18.4. The first-order chi connectivity index (χ1) is 13.7. The van der Waals surface area contributed by atoms with Crippen LogP contribution in [0, 0.1) is 0 Å². The molecule has 4 nitrogen and oxygen atoms in total. The van der Waals surface area contributed by atoms with Crippen LogP contribution in [0.15, 0.2) is 72.8 Å². The van der Waals surface area contributed by atoms with Crippen LogP contribution in [0.4, 0.5) is 17.1 Å². The Hall–Kier alpha value is -2.76. The third-order valence-electron chi connectivity index (χ3n) is 5.40. The highest BCUT2D eigenvalue weighted by molar-refractivity contribution is 7.06. The fraction of sp³-hybridized carbons (Fsp3) is 0.250. The summed E-state index contributed by atoms with van der Waals surface area (Å²) >= 11 is 0. The Morgan fingerprint density at radius 1 is 0.448 bits per heavy atom. The van der Waals surface area contributed by atoms with E-state index >= 15 is 0 Å². The second kappa shape index (κ2) is 8.31. The fourth-order valence-corrected chi connectivity index (χ4v) is 6.45. The minimum Gasteiger partial charge on any atom is -0.421 e. The Kier molecular flexibility index (Phi) is 6.01. The molecule has 0 atom stereocenters. The van der Waals surface area contributed by atoms with Crippen LogP contribution in [0.25, 0.3) is 0 Å². The van der Waals surface area contributed by atoms with Gasteiger partial charge in [0.1, 0.15) is 0 Å². The van der Waals surface area contributed by atoms with E-state index in [1.165, 1.54) is 0 Å². The lowest BCUT2D eigenvalue weighted by molar-refractivity contribution is 0.583. The Morgan fingerprint density at radius 3 is 0.828 bits per heavy atom. The van der Waals surface area contributed by atoms with Crippen LogP contribution in [0.3, 0.4) is 0 Å². The third kappa shape index (κ3) is 4.16. The van der Waals surface area contributed by atoms with Gasteiger partial charge in [-0.15, -0.1) is 0 Å². The summed E-state index contributed by atoms with van der Waals surface area (Å²) in [6.45, 7) is 0. The van der Waals surface area contributed by atoms with Gasteiger partial charge in [0.15, 0.2) is 0 Å². The summed E-state index contributed by atoms with van der Waals surface area (Å²) in [7, 11) is 9.05. The molecule has 5 heteroatoms. The standard InChI is InChI=1S/C24H31N3OSi/c1-25(2)19-7-13-22(14-8-19)29(28,23-15-9-20(10-16-23)26(3)4)24-17-11-21(12-18-24)27(5)6/h7-18,28H,1-6H3. The van der Waals surface area contributed by atoms with Gasteiger partial charge < -0.3 is 19.5 Å². The summed E-state index contributed by atoms with van der Waals surface area (Å²) < 4.78 is 0. The Labute approximate surface area is 175 Å². The van der Waals surface area contributed by atoms with Crippen molar-refractivity contribution in [2.75, 3.05) is 57.0 Å². The van der Waals surface area contributed by atoms with Crippen molar-refractivity contribution in [1.29, 1.82) is 0 Å². The number of nitrogens with zero attached hydrogens (tertiary/aromatic N) is 3. The molecule has 3 rings (SSSR count). The lowest BCUT2D eigenvalue weighted by atomic mass is 10.3. The van der Waals surface area contributed by atoms with E-state index in [2.05, 4.69) is 87.5 Å². The van der Waals surface area contributed by atoms with Gasteiger partial charge in [-0.05, 0) is 52.0 Å². The van der Waals surface area contributed by atoms with Crippen molar-refractivity contribution in [3.05, 3.63) is 72.8 Å². The van der Waals surface area contributed by atoms with Gasteiger partial charge in [-0.1, -0.05) is 36.4 Å². The quantitative estimate of drug-likeness (QED) is 0.501. The minimum atomic E-state index is -3.11. The monoisotopic (exact) mass is 405 g/mol. The van der Waals surface area contributed by atoms with E-state index in [0.717, 1.165) is 32.6 Å². The van der Waals surface area contributed by atoms with Crippen molar-refractivity contribution in [3.8, 4) is 0 Å². The van der Waals surface area contributed by atoms with Crippen molar-refractivity contribution in [1.82, 2.24) is 0 Å². The normalized spacial score (nSPS) is 11.3. The molecule has 3 aromatic rings. The maximum Gasteiger partial charge on any atom is 0.285 e. The molecule has 0 aliphatic carbocycles.